The zero-order valence-corrected chi connectivity index (χ0v) is 9.30. The molecule has 1 aromatic rings. The molecule has 4 nitrogen and oxygen atoms in total. The van der Waals surface area contributed by atoms with Crippen LogP contribution in [0.5, 0.6) is 0 Å². The Kier molecular flexibility index (Phi) is 4.72. The summed E-state index contributed by atoms with van der Waals surface area (Å²) in [7, 11) is 0. The maximum Gasteiger partial charge on any atom is 0.124 e. The number of thioether (sulfide) groups is 1. The van der Waals surface area contributed by atoms with Crippen LogP contribution in [0.2, 0.25) is 0 Å². The van der Waals surface area contributed by atoms with E-state index in [1.165, 1.54) is 30.0 Å². The summed E-state index contributed by atoms with van der Waals surface area (Å²) in [6.07, 6.45) is -0.838. The van der Waals surface area contributed by atoms with Crippen molar-refractivity contribution in [2.24, 2.45) is 5.73 Å². The van der Waals surface area contributed by atoms with Gasteiger partial charge in [0.05, 0.1) is 12.7 Å². The number of hydrogen-bond acceptors (Lipinski definition) is 4. The number of nitrogens with two attached hydrogens (primary N) is 1. The molecule has 0 fully saturated rings. The molecule has 0 radical (unpaired) electrons. The molecular formula is C10H13FN2O2S. The lowest BCUT2D eigenvalue weighted by Gasteiger charge is -2.10. The van der Waals surface area contributed by atoms with E-state index in [1.54, 1.807) is 0 Å². The number of nitrogen functional groups attached to an aromatic ring is 1. The highest BCUT2D eigenvalue weighted by Crippen LogP contribution is 2.24. The topological polar surface area (TPSA) is 90.3 Å². The van der Waals surface area contributed by atoms with E-state index in [2.05, 4.69) is 0 Å². The number of benzene rings is 1. The third-order valence-corrected chi connectivity index (χ3v) is 3.09. The summed E-state index contributed by atoms with van der Waals surface area (Å²) in [5, 5.41) is 25.1. The molecule has 0 aliphatic heterocycles. The van der Waals surface area contributed by atoms with Gasteiger partial charge in [-0.25, -0.2) is 4.39 Å². The maximum absolute atomic E-state index is 12.9. The van der Waals surface area contributed by atoms with Crippen molar-refractivity contribution in [1.82, 2.24) is 0 Å². The summed E-state index contributed by atoms with van der Waals surface area (Å²) in [5.41, 5.74) is 5.61. The van der Waals surface area contributed by atoms with Crippen LogP contribution in [-0.2, 0) is 0 Å². The molecule has 0 aliphatic rings. The van der Waals surface area contributed by atoms with Gasteiger partial charge in [0, 0.05) is 16.2 Å². The van der Waals surface area contributed by atoms with Gasteiger partial charge in [0.15, 0.2) is 0 Å². The SMILES string of the molecule is N=C(N)c1cc(F)ccc1SCC(O)CO. The zero-order chi connectivity index (χ0) is 12.1. The minimum Gasteiger partial charge on any atom is -0.394 e. The molecule has 0 amide bonds. The standard InChI is InChI=1S/C10H13FN2O2S/c11-6-1-2-9(8(3-6)10(12)13)16-5-7(15)4-14/h1-3,7,14-15H,4-5H2,(H3,12,13). The lowest BCUT2D eigenvalue weighted by atomic mass is 10.2. The average molecular weight is 244 g/mol. The van der Waals surface area contributed by atoms with Crippen LogP contribution in [0, 0.1) is 11.2 Å². The maximum atomic E-state index is 12.9. The first-order valence-electron chi connectivity index (χ1n) is 4.60. The third kappa shape index (κ3) is 3.48. The third-order valence-electron chi connectivity index (χ3n) is 1.87. The van der Waals surface area contributed by atoms with Crippen LogP contribution in [0.15, 0.2) is 23.1 Å². The second-order valence-corrected chi connectivity index (χ2v) is 4.26. The van der Waals surface area contributed by atoms with Gasteiger partial charge in [0.1, 0.15) is 11.7 Å². The van der Waals surface area contributed by atoms with Crippen LogP contribution in [0.1, 0.15) is 5.56 Å². The van der Waals surface area contributed by atoms with E-state index >= 15 is 0 Å². The van der Waals surface area contributed by atoms with Crippen LogP contribution < -0.4 is 5.73 Å². The van der Waals surface area contributed by atoms with Crippen molar-refractivity contribution < 1.29 is 14.6 Å². The Bertz CT molecular complexity index is 387. The van der Waals surface area contributed by atoms with E-state index in [0.717, 1.165) is 0 Å². The Hall–Kier alpha value is -1.11. The normalized spacial score (nSPS) is 12.4. The molecule has 0 aliphatic carbocycles. The Labute approximate surface area is 96.8 Å². The smallest absolute Gasteiger partial charge is 0.124 e. The Morgan fingerprint density at radius 2 is 2.25 bits per heavy atom. The second-order valence-electron chi connectivity index (χ2n) is 3.20. The molecule has 16 heavy (non-hydrogen) atoms. The quantitative estimate of drug-likeness (QED) is 0.346. The molecule has 0 spiro atoms. The van der Waals surface area contributed by atoms with Gasteiger partial charge in [0.2, 0.25) is 0 Å². The number of aliphatic hydroxyl groups excluding tert-OH is 2. The highest BCUT2D eigenvalue weighted by molar-refractivity contribution is 7.99. The van der Waals surface area contributed by atoms with Crippen LogP contribution >= 0.6 is 11.8 Å². The van der Waals surface area contributed by atoms with Crippen molar-refractivity contribution in [3.63, 3.8) is 0 Å². The van der Waals surface area contributed by atoms with E-state index in [0.29, 0.717) is 10.5 Å². The first-order valence-corrected chi connectivity index (χ1v) is 5.59. The lowest BCUT2D eigenvalue weighted by Crippen LogP contribution is -2.16. The molecule has 1 atom stereocenters. The number of amidine groups is 1. The number of halogens is 1. The summed E-state index contributed by atoms with van der Waals surface area (Å²) >= 11 is 1.22. The van der Waals surface area contributed by atoms with Crippen LogP contribution in [0.25, 0.3) is 0 Å². The van der Waals surface area contributed by atoms with Crippen molar-refractivity contribution >= 4 is 17.6 Å². The van der Waals surface area contributed by atoms with E-state index in [9.17, 15) is 9.50 Å². The number of nitrogens with one attached hydrogen (secondary N) is 1. The molecule has 88 valence electrons. The molecule has 0 heterocycles. The average Bonchev–Trinajstić information content (AvgIpc) is 2.26. The Morgan fingerprint density at radius 1 is 1.56 bits per heavy atom. The molecule has 0 bridgehead atoms. The largest absolute Gasteiger partial charge is 0.394 e. The zero-order valence-electron chi connectivity index (χ0n) is 8.48. The van der Waals surface area contributed by atoms with E-state index < -0.39 is 11.9 Å². The van der Waals surface area contributed by atoms with Crippen LogP contribution in [0.4, 0.5) is 4.39 Å². The van der Waals surface area contributed by atoms with Gasteiger partial charge in [-0.3, -0.25) is 5.41 Å². The van der Waals surface area contributed by atoms with Gasteiger partial charge in [-0.1, -0.05) is 0 Å². The van der Waals surface area contributed by atoms with Crippen molar-refractivity contribution in [3.05, 3.63) is 29.6 Å². The Morgan fingerprint density at radius 3 is 2.81 bits per heavy atom. The molecule has 5 N–H and O–H groups in total. The predicted molar refractivity (Wildman–Crippen MR) is 61.2 cm³/mol. The fourth-order valence-corrected chi connectivity index (χ4v) is 2.04. The van der Waals surface area contributed by atoms with Gasteiger partial charge in [0.25, 0.3) is 0 Å². The first-order chi connectivity index (χ1) is 7.54. The fraction of sp³-hybridized carbons (Fsp3) is 0.300. The monoisotopic (exact) mass is 244 g/mol. The molecule has 1 unspecified atom stereocenters. The highest BCUT2D eigenvalue weighted by Gasteiger charge is 2.10. The number of aliphatic hydroxyl groups is 2. The first kappa shape index (κ1) is 13.0. The summed E-state index contributed by atoms with van der Waals surface area (Å²) in [4.78, 5) is 0.612. The van der Waals surface area contributed by atoms with Gasteiger partial charge in [-0.2, -0.15) is 0 Å². The number of hydrogen-bond donors (Lipinski definition) is 4. The van der Waals surface area contributed by atoms with Crippen molar-refractivity contribution in [1.29, 1.82) is 5.41 Å². The van der Waals surface area contributed by atoms with Crippen LogP contribution in [0.3, 0.4) is 0 Å². The predicted octanol–water partition coefficient (Wildman–Crippen LogP) is 0.555. The second kappa shape index (κ2) is 5.83. The lowest BCUT2D eigenvalue weighted by molar-refractivity contribution is 0.113. The molecular weight excluding hydrogens is 231 g/mol. The van der Waals surface area contributed by atoms with Crippen molar-refractivity contribution in [2.75, 3.05) is 12.4 Å². The van der Waals surface area contributed by atoms with E-state index in [4.69, 9.17) is 16.2 Å². The van der Waals surface area contributed by atoms with Gasteiger partial charge in [-0.05, 0) is 18.2 Å². The number of rotatable bonds is 5. The fourth-order valence-electron chi connectivity index (χ4n) is 1.08. The summed E-state index contributed by atoms with van der Waals surface area (Å²) in [5.74, 6) is -0.416. The van der Waals surface area contributed by atoms with Gasteiger partial charge < -0.3 is 15.9 Å². The van der Waals surface area contributed by atoms with Gasteiger partial charge in [-0.15, -0.1) is 11.8 Å². The van der Waals surface area contributed by atoms with Crippen molar-refractivity contribution in [3.8, 4) is 0 Å². The van der Waals surface area contributed by atoms with E-state index in [1.807, 2.05) is 0 Å². The summed E-state index contributed by atoms with van der Waals surface area (Å²) < 4.78 is 12.9. The molecule has 1 rings (SSSR count). The molecule has 0 aromatic heterocycles. The summed E-state index contributed by atoms with van der Waals surface area (Å²) in [6, 6.07) is 3.94. The molecule has 6 heteroatoms. The molecule has 0 saturated heterocycles. The minimum absolute atomic E-state index is 0.222. The summed E-state index contributed by atoms with van der Waals surface area (Å²) in [6.45, 7) is -0.330. The molecule has 1 aromatic carbocycles. The molecule has 0 saturated carbocycles. The van der Waals surface area contributed by atoms with Crippen molar-refractivity contribution in [2.45, 2.75) is 11.0 Å². The van der Waals surface area contributed by atoms with E-state index in [-0.39, 0.29) is 18.2 Å². The van der Waals surface area contributed by atoms with Crippen LogP contribution in [-0.4, -0.2) is 34.5 Å². The van der Waals surface area contributed by atoms with Gasteiger partial charge >= 0.3 is 0 Å². The Balaban J connectivity index is 2.82. The minimum atomic E-state index is -0.838. The highest BCUT2D eigenvalue weighted by atomic mass is 32.2.